The standard InChI is InChI=1S/C13H11F2N7S/c1-21-12-8(5-19-21)11(17-6-18-12)20-22(13(16)23)10-3-2-7(14)4-9(10)15/h2-6H,1H3,(H2,16,23)(H,17,18,20). The van der Waals surface area contributed by atoms with Gasteiger partial charge in [0.25, 0.3) is 0 Å². The van der Waals surface area contributed by atoms with Crippen LogP contribution < -0.4 is 16.2 Å². The number of nitrogens with two attached hydrogens (primary N) is 1. The van der Waals surface area contributed by atoms with Crippen LogP contribution in [-0.4, -0.2) is 24.9 Å². The molecule has 0 saturated heterocycles. The van der Waals surface area contributed by atoms with Crippen molar-refractivity contribution in [2.45, 2.75) is 0 Å². The molecule has 23 heavy (non-hydrogen) atoms. The third-order valence-electron chi connectivity index (χ3n) is 3.12. The summed E-state index contributed by atoms with van der Waals surface area (Å²) in [6, 6.07) is 3.06. The van der Waals surface area contributed by atoms with E-state index >= 15 is 0 Å². The first-order valence-corrected chi connectivity index (χ1v) is 6.82. The third-order valence-corrected chi connectivity index (χ3v) is 3.30. The van der Waals surface area contributed by atoms with Crippen LogP contribution >= 0.6 is 12.2 Å². The highest BCUT2D eigenvalue weighted by atomic mass is 32.1. The number of benzene rings is 1. The fourth-order valence-corrected chi connectivity index (χ4v) is 2.20. The van der Waals surface area contributed by atoms with Crippen LogP contribution in [0.4, 0.5) is 20.3 Å². The quantitative estimate of drug-likeness (QED) is 0.557. The molecule has 3 rings (SSSR count). The molecule has 10 heteroatoms. The number of hydrogen-bond donors (Lipinski definition) is 2. The van der Waals surface area contributed by atoms with Gasteiger partial charge in [-0.2, -0.15) is 5.10 Å². The molecule has 0 atom stereocenters. The predicted molar refractivity (Wildman–Crippen MR) is 85.5 cm³/mol. The lowest BCUT2D eigenvalue weighted by Crippen LogP contribution is -2.41. The number of anilines is 2. The zero-order chi connectivity index (χ0) is 16.6. The number of halogens is 2. The van der Waals surface area contributed by atoms with Gasteiger partial charge in [0.2, 0.25) is 0 Å². The maximum Gasteiger partial charge on any atom is 0.190 e. The summed E-state index contributed by atoms with van der Waals surface area (Å²) in [6.07, 6.45) is 2.88. The lowest BCUT2D eigenvalue weighted by Gasteiger charge is -2.24. The molecule has 7 nitrogen and oxygen atoms in total. The fraction of sp³-hybridized carbons (Fsp3) is 0.0769. The Hall–Kier alpha value is -2.88. The van der Waals surface area contributed by atoms with Crippen molar-refractivity contribution < 1.29 is 8.78 Å². The van der Waals surface area contributed by atoms with Gasteiger partial charge in [-0.05, 0) is 24.4 Å². The first kappa shape index (κ1) is 15.0. The molecule has 0 saturated carbocycles. The number of thiocarbonyl (C=S) groups is 1. The lowest BCUT2D eigenvalue weighted by atomic mass is 10.3. The number of fused-ring (bicyclic) bond motifs is 1. The van der Waals surface area contributed by atoms with Gasteiger partial charge in [-0.1, -0.05) is 0 Å². The molecular formula is C13H11F2N7S. The smallest absolute Gasteiger partial charge is 0.190 e. The number of hydrogen-bond acceptors (Lipinski definition) is 5. The summed E-state index contributed by atoms with van der Waals surface area (Å²) in [6.45, 7) is 0. The van der Waals surface area contributed by atoms with E-state index in [0.29, 0.717) is 16.9 Å². The minimum absolute atomic E-state index is 0.0328. The monoisotopic (exact) mass is 335 g/mol. The molecule has 0 radical (unpaired) electrons. The zero-order valence-corrected chi connectivity index (χ0v) is 12.7. The van der Waals surface area contributed by atoms with Gasteiger partial charge in [-0.15, -0.1) is 0 Å². The average molecular weight is 335 g/mol. The van der Waals surface area contributed by atoms with Gasteiger partial charge in [0.1, 0.15) is 17.8 Å². The van der Waals surface area contributed by atoms with E-state index in [0.717, 1.165) is 17.1 Å². The number of rotatable bonds is 3. The molecule has 0 fully saturated rings. The van der Waals surface area contributed by atoms with Crippen LogP contribution in [0.3, 0.4) is 0 Å². The van der Waals surface area contributed by atoms with Crippen LogP contribution in [0, 0.1) is 11.6 Å². The zero-order valence-electron chi connectivity index (χ0n) is 11.9. The van der Waals surface area contributed by atoms with Crippen LogP contribution in [-0.2, 0) is 7.05 Å². The first-order valence-electron chi connectivity index (χ1n) is 6.41. The lowest BCUT2D eigenvalue weighted by molar-refractivity contribution is 0.584. The van der Waals surface area contributed by atoms with E-state index in [9.17, 15) is 8.78 Å². The van der Waals surface area contributed by atoms with Gasteiger partial charge in [0.15, 0.2) is 22.4 Å². The SMILES string of the molecule is Cn1ncc2c(NN(C(N)=S)c3ccc(F)cc3F)ncnc21. The van der Waals surface area contributed by atoms with Crippen LogP contribution in [0.2, 0.25) is 0 Å². The number of aromatic nitrogens is 4. The maximum absolute atomic E-state index is 14.0. The van der Waals surface area contributed by atoms with Crippen LogP contribution in [0.15, 0.2) is 30.7 Å². The Bertz CT molecular complexity index is 895. The number of nitrogens with one attached hydrogen (secondary N) is 1. The van der Waals surface area contributed by atoms with E-state index in [1.165, 1.54) is 12.4 Å². The van der Waals surface area contributed by atoms with Gasteiger partial charge in [0, 0.05) is 13.1 Å². The average Bonchev–Trinajstić information content (AvgIpc) is 2.88. The molecule has 3 N–H and O–H groups in total. The molecule has 118 valence electrons. The topological polar surface area (TPSA) is 84.9 Å². The Balaban J connectivity index is 2.04. The summed E-state index contributed by atoms with van der Waals surface area (Å²) in [5.41, 5.74) is 9.00. The summed E-state index contributed by atoms with van der Waals surface area (Å²) in [7, 11) is 1.73. The largest absolute Gasteiger partial charge is 0.374 e. The Morgan fingerprint density at radius 3 is 2.83 bits per heavy atom. The summed E-state index contributed by atoms with van der Waals surface area (Å²) in [5, 5.41) is 5.61. The summed E-state index contributed by atoms with van der Waals surface area (Å²) in [5.74, 6) is -1.19. The molecule has 2 heterocycles. The molecule has 2 aromatic heterocycles. The van der Waals surface area contributed by atoms with Crippen molar-refractivity contribution in [2.75, 3.05) is 10.4 Å². The van der Waals surface area contributed by atoms with Crippen molar-refractivity contribution >= 4 is 39.9 Å². The van der Waals surface area contributed by atoms with Gasteiger partial charge in [-0.25, -0.2) is 23.8 Å². The van der Waals surface area contributed by atoms with E-state index in [1.54, 1.807) is 17.9 Å². The van der Waals surface area contributed by atoms with Crippen molar-refractivity contribution in [1.29, 1.82) is 0 Å². The summed E-state index contributed by atoms with van der Waals surface area (Å²) < 4.78 is 28.6. The van der Waals surface area contributed by atoms with Crippen molar-refractivity contribution in [3.63, 3.8) is 0 Å². The van der Waals surface area contributed by atoms with E-state index in [4.69, 9.17) is 18.0 Å². The van der Waals surface area contributed by atoms with Crippen molar-refractivity contribution in [3.8, 4) is 0 Å². The highest BCUT2D eigenvalue weighted by Crippen LogP contribution is 2.23. The maximum atomic E-state index is 14.0. The van der Waals surface area contributed by atoms with Crippen molar-refractivity contribution in [1.82, 2.24) is 19.7 Å². The molecular weight excluding hydrogens is 324 g/mol. The molecule has 0 bridgehead atoms. The van der Waals surface area contributed by atoms with Crippen LogP contribution in [0.5, 0.6) is 0 Å². The predicted octanol–water partition coefficient (Wildman–Crippen LogP) is 1.72. The van der Waals surface area contributed by atoms with Gasteiger partial charge in [-0.3, -0.25) is 10.1 Å². The molecule has 1 aromatic carbocycles. The van der Waals surface area contributed by atoms with Crippen molar-refractivity contribution in [3.05, 3.63) is 42.4 Å². The van der Waals surface area contributed by atoms with Crippen molar-refractivity contribution in [2.24, 2.45) is 12.8 Å². The van der Waals surface area contributed by atoms with E-state index < -0.39 is 11.6 Å². The summed E-state index contributed by atoms with van der Waals surface area (Å²) in [4.78, 5) is 8.18. The highest BCUT2D eigenvalue weighted by Gasteiger charge is 2.18. The van der Waals surface area contributed by atoms with Gasteiger partial charge >= 0.3 is 0 Å². The van der Waals surface area contributed by atoms with E-state index in [2.05, 4.69) is 20.5 Å². The minimum Gasteiger partial charge on any atom is -0.374 e. The second kappa shape index (κ2) is 5.72. The normalized spacial score (nSPS) is 10.7. The Labute approximate surface area is 134 Å². The third kappa shape index (κ3) is 2.75. The first-order chi connectivity index (χ1) is 11.0. The van der Waals surface area contributed by atoms with E-state index in [-0.39, 0.29) is 10.8 Å². The molecule has 0 amide bonds. The molecule has 0 aliphatic rings. The van der Waals surface area contributed by atoms with Gasteiger partial charge in [0.05, 0.1) is 11.6 Å². The van der Waals surface area contributed by atoms with Gasteiger partial charge < -0.3 is 5.73 Å². The van der Waals surface area contributed by atoms with E-state index in [1.807, 2.05) is 0 Å². The molecule has 3 aromatic rings. The Kier molecular flexibility index (Phi) is 3.74. The number of hydrazine groups is 1. The Morgan fingerprint density at radius 2 is 2.13 bits per heavy atom. The molecule has 0 aliphatic heterocycles. The minimum atomic E-state index is -0.818. The number of aryl methyl sites for hydroxylation is 1. The second-order valence-corrected chi connectivity index (χ2v) is 5.03. The second-order valence-electron chi connectivity index (χ2n) is 4.61. The highest BCUT2D eigenvalue weighted by molar-refractivity contribution is 7.80. The number of nitrogens with zero attached hydrogens (tertiary/aromatic N) is 5. The van der Waals surface area contributed by atoms with Crippen LogP contribution in [0.1, 0.15) is 0 Å². The summed E-state index contributed by atoms with van der Waals surface area (Å²) >= 11 is 4.94. The molecule has 0 aliphatic carbocycles. The Morgan fingerprint density at radius 1 is 1.35 bits per heavy atom. The molecule has 0 unspecified atom stereocenters. The molecule has 0 spiro atoms. The fourth-order valence-electron chi connectivity index (χ4n) is 2.05. The van der Waals surface area contributed by atoms with Crippen LogP contribution in [0.25, 0.3) is 11.0 Å².